The van der Waals surface area contributed by atoms with Gasteiger partial charge in [-0.25, -0.2) is 0 Å². The van der Waals surface area contributed by atoms with E-state index in [1.807, 2.05) is 37.3 Å². The van der Waals surface area contributed by atoms with E-state index in [1.165, 1.54) is 16.9 Å². The molecule has 1 aliphatic rings. The van der Waals surface area contributed by atoms with Gasteiger partial charge in [-0.15, -0.1) is 11.3 Å². The summed E-state index contributed by atoms with van der Waals surface area (Å²) < 4.78 is 0. The molecule has 1 N–H and O–H groups in total. The quantitative estimate of drug-likeness (QED) is 0.522. The average molecular weight is 432 g/mol. The van der Waals surface area contributed by atoms with Crippen LogP contribution in [0.25, 0.3) is 0 Å². The summed E-state index contributed by atoms with van der Waals surface area (Å²) in [5.41, 5.74) is 1.18. The molecule has 4 nitrogen and oxygen atoms in total. The number of nitrogens with one attached hydrogen (secondary N) is 1. The van der Waals surface area contributed by atoms with Crippen LogP contribution >= 0.6 is 22.9 Å². The average Bonchev–Trinajstić information content (AvgIpc) is 3.11. The number of carbonyl (C=O) groups excluding carboxylic acids is 3. The molecule has 0 aliphatic heterocycles. The zero-order chi connectivity index (χ0) is 20.9. The van der Waals surface area contributed by atoms with E-state index in [2.05, 4.69) is 5.32 Å². The lowest BCUT2D eigenvalue weighted by molar-refractivity contribution is -0.125. The highest BCUT2D eigenvalue weighted by atomic mass is 35.5. The first-order chi connectivity index (χ1) is 13.9. The number of ketones is 2. The van der Waals surface area contributed by atoms with Crippen molar-refractivity contribution in [2.24, 2.45) is 0 Å². The van der Waals surface area contributed by atoms with E-state index >= 15 is 0 Å². The number of thiophene rings is 1. The maximum absolute atomic E-state index is 12.2. The number of Topliss-reactive ketones (excluding diaryl/α,β-unsaturated/α-hetero) is 2. The lowest BCUT2D eigenvalue weighted by Gasteiger charge is -2.42. The number of aryl methyl sites for hydroxylation is 1. The predicted molar refractivity (Wildman–Crippen MR) is 117 cm³/mol. The van der Waals surface area contributed by atoms with E-state index in [4.69, 9.17) is 11.6 Å². The summed E-state index contributed by atoms with van der Waals surface area (Å²) >= 11 is 7.43. The van der Waals surface area contributed by atoms with Crippen LogP contribution in [0.4, 0.5) is 0 Å². The number of hydrogen-bond donors (Lipinski definition) is 1. The maximum Gasteiger partial charge on any atom is 0.220 e. The lowest BCUT2D eigenvalue weighted by Crippen LogP contribution is -2.45. The smallest absolute Gasteiger partial charge is 0.220 e. The Morgan fingerprint density at radius 1 is 1.00 bits per heavy atom. The first-order valence-electron chi connectivity index (χ1n) is 10.0. The van der Waals surface area contributed by atoms with Crippen molar-refractivity contribution in [1.82, 2.24) is 5.32 Å². The summed E-state index contributed by atoms with van der Waals surface area (Å²) in [5, 5.41) is 3.70. The summed E-state index contributed by atoms with van der Waals surface area (Å²) in [7, 11) is 0. The molecule has 0 bridgehead atoms. The predicted octanol–water partition coefficient (Wildman–Crippen LogP) is 5.26. The second-order valence-electron chi connectivity index (χ2n) is 7.79. The molecule has 0 unspecified atom stereocenters. The Kier molecular flexibility index (Phi) is 7.25. The molecule has 1 amide bonds. The third-order valence-electron chi connectivity index (χ3n) is 5.67. The van der Waals surface area contributed by atoms with Crippen LogP contribution in [-0.2, 0) is 15.0 Å². The van der Waals surface area contributed by atoms with Gasteiger partial charge in [-0.3, -0.25) is 14.4 Å². The summed E-state index contributed by atoms with van der Waals surface area (Å²) in [6.45, 7) is 2.53. The van der Waals surface area contributed by atoms with Gasteiger partial charge in [-0.1, -0.05) is 30.2 Å². The Hall–Kier alpha value is -1.98. The molecule has 154 valence electrons. The minimum Gasteiger partial charge on any atom is -0.355 e. The Morgan fingerprint density at radius 2 is 1.69 bits per heavy atom. The third kappa shape index (κ3) is 5.77. The molecule has 0 atom stereocenters. The number of carbonyl (C=O) groups is 3. The maximum atomic E-state index is 12.2. The lowest BCUT2D eigenvalue weighted by atomic mass is 9.64. The van der Waals surface area contributed by atoms with E-state index in [-0.39, 0.29) is 48.6 Å². The highest BCUT2D eigenvalue weighted by Crippen LogP contribution is 2.43. The van der Waals surface area contributed by atoms with Gasteiger partial charge in [0.2, 0.25) is 5.91 Å². The minimum atomic E-state index is -0.112. The number of halogens is 1. The van der Waals surface area contributed by atoms with Crippen molar-refractivity contribution < 1.29 is 14.4 Å². The number of hydrogen-bond acceptors (Lipinski definition) is 4. The van der Waals surface area contributed by atoms with E-state index in [9.17, 15) is 14.4 Å². The Morgan fingerprint density at radius 3 is 2.28 bits per heavy atom. The van der Waals surface area contributed by atoms with Crippen LogP contribution in [0.3, 0.4) is 0 Å². The topological polar surface area (TPSA) is 63.2 Å². The van der Waals surface area contributed by atoms with Crippen molar-refractivity contribution in [2.75, 3.05) is 6.54 Å². The molecule has 1 fully saturated rings. The van der Waals surface area contributed by atoms with E-state index in [1.54, 1.807) is 6.07 Å². The molecule has 1 heterocycles. The fourth-order valence-corrected chi connectivity index (χ4v) is 4.63. The number of amides is 1. The molecule has 3 rings (SSSR count). The van der Waals surface area contributed by atoms with Gasteiger partial charge in [0.1, 0.15) is 5.78 Å². The Bertz CT molecular complexity index is 884. The molecule has 2 aromatic rings. The van der Waals surface area contributed by atoms with Crippen LogP contribution in [0.2, 0.25) is 5.02 Å². The van der Waals surface area contributed by atoms with Gasteiger partial charge in [-0.2, -0.15) is 0 Å². The molecule has 1 aromatic carbocycles. The molecule has 0 spiro atoms. The standard InChI is InChI=1S/C23H26ClNO3S/c1-16-3-11-21(29-16)20(27)10-8-19(26)9-12-22(28)25-15-23(13-2-14-23)17-4-6-18(24)7-5-17/h3-7,11H,2,8-10,12-15H2,1H3,(H,25,28). The van der Waals surface area contributed by atoms with Crippen molar-refractivity contribution in [1.29, 1.82) is 0 Å². The number of rotatable bonds is 10. The summed E-state index contributed by atoms with van der Waals surface area (Å²) in [4.78, 5) is 38.2. The molecular formula is C23H26ClNO3S. The van der Waals surface area contributed by atoms with Crippen molar-refractivity contribution in [3.05, 3.63) is 56.7 Å². The third-order valence-corrected chi connectivity index (χ3v) is 6.96. The zero-order valence-electron chi connectivity index (χ0n) is 16.6. The van der Waals surface area contributed by atoms with Crippen LogP contribution in [0.5, 0.6) is 0 Å². The molecule has 1 aromatic heterocycles. The molecule has 1 saturated carbocycles. The molecule has 1 aliphatic carbocycles. The van der Waals surface area contributed by atoms with Gasteiger partial charge in [0.15, 0.2) is 5.78 Å². The zero-order valence-corrected chi connectivity index (χ0v) is 18.2. The van der Waals surface area contributed by atoms with Gasteiger partial charge in [-0.05, 0) is 49.6 Å². The summed E-state index contributed by atoms with van der Waals surface area (Å²) in [6.07, 6.45) is 3.97. The number of benzene rings is 1. The van der Waals surface area contributed by atoms with Crippen LogP contribution in [0.1, 0.15) is 65.1 Å². The van der Waals surface area contributed by atoms with Gasteiger partial charge < -0.3 is 5.32 Å². The van der Waals surface area contributed by atoms with Gasteiger partial charge in [0.25, 0.3) is 0 Å². The van der Waals surface area contributed by atoms with E-state index in [0.29, 0.717) is 16.4 Å². The van der Waals surface area contributed by atoms with Crippen molar-refractivity contribution in [3.8, 4) is 0 Å². The SMILES string of the molecule is Cc1ccc(C(=O)CCC(=O)CCC(=O)NCC2(c3ccc(Cl)cc3)CCC2)s1. The van der Waals surface area contributed by atoms with Crippen LogP contribution in [-0.4, -0.2) is 24.0 Å². The van der Waals surface area contributed by atoms with Crippen LogP contribution in [0.15, 0.2) is 36.4 Å². The molecule has 0 radical (unpaired) electrons. The fourth-order valence-electron chi connectivity index (χ4n) is 3.67. The first-order valence-corrected chi connectivity index (χ1v) is 11.2. The van der Waals surface area contributed by atoms with Gasteiger partial charge in [0.05, 0.1) is 4.88 Å². The second-order valence-corrected chi connectivity index (χ2v) is 9.51. The highest BCUT2D eigenvalue weighted by molar-refractivity contribution is 7.14. The van der Waals surface area contributed by atoms with Gasteiger partial charge in [0, 0.05) is 47.5 Å². The van der Waals surface area contributed by atoms with Crippen molar-refractivity contribution in [2.45, 2.75) is 57.3 Å². The van der Waals surface area contributed by atoms with E-state index in [0.717, 1.165) is 24.1 Å². The second kappa shape index (κ2) is 9.68. The fraction of sp³-hybridized carbons (Fsp3) is 0.435. The summed E-state index contributed by atoms with van der Waals surface area (Å²) in [6, 6.07) is 11.5. The molecule has 6 heteroatoms. The van der Waals surface area contributed by atoms with Crippen molar-refractivity contribution >= 4 is 40.4 Å². The molecule has 29 heavy (non-hydrogen) atoms. The van der Waals surface area contributed by atoms with Gasteiger partial charge >= 0.3 is 0 Å². The monoisotopic (exact) mass is 431 g/mol. The van der Waals surface area contributed by atoms with Crippen LogP contribution in [0, 0.1) is 6.92 Å². The minimum absolute atomic E-state index is 0.00390. The largest absolute Gasteiger partial charge is 0.355 e. The van der Waals surface area contributed by atoms with Crippen LogP contribution < -0.4 is 5.32 Å². The Balaban J connectivity index is 1.39. The molecular weight excluding hydrogens is 406 g/mol. The van der Waals surface area contributed by atoms with Crippen molar-refractivity contribution in [3.63, 3.8) is 0 Å². The molecule has 0 saturated heterocycles. The highest BCUT2D eigenvalue weighted by Gasteiger charge is 2.38. The first kappa shape index (κ1) is 21.7. The van der Waals surface area contributed by atoms with E-state index < -0.39 is 0 Å². The summed E-state index contributed by atoms with van der Waals surface area (Å²) in [5.74, 6) is -0.160. The Labute approximate surface area is 180 Å². The normalized spacial score (nSPS) is 14.8.